The molecule has 7 rings (SSSR count). The molecule has 12 heteroatoms. The van der Waals surface area contributed by atoms with Crippen LogP contribution in [0.25, 0.3) is 32.5 Å². The quantitative estimate of drug-likeness (QED) is 0.349. The molecule has 188 valence electrons. The third-order valence-electron chi connectivity index (χ3n) is 6.75. The molecule has 37 heavy (non-hydrogen) atoms. The molecule has 0 amide bonds. The first-order valence-electron chi connectivity index (χ1n) is 12.0. The summed E-state index contributed by atoms with van der Waals surface area (Å²) in [5.41, 5.74) is 5.24. The third kappa shape index (κ3) is 4.20. The van der Waals surface area contributed by atoms with Crippen LogP contribution in [0.3, 0.4) is 0 Å². The molecule has 0 atom stereocenters. The van der Waals surface area contributed by atoms with Gasteiger partial charge in [0.2, 0.25) is 0 Å². The Labute approximate surface area is 216 Å². The van der Waals surface area contributed by atoms with Crippen LogP contribution in [0, 0.1) is 0 Å². The Bertz CT molecular complexity index is 1760. The van der Waals surface area contributed by atoms with Crippen LogP contribution in [0.15, 0.2) is 42.9 Å². The first-order valence-corrected chi connectivity index (χ1v) is 14.6. The molecule has 2 N–H and O–H groups in total. The van der Waals surface area contributed by atoms with Crippen LogP contribution < -0.4 is 10.2 Å². The molecule has 0 aliphatic carbocycles. The lowest BCUT2D eigenvalue weighted by Gasteiger charge is -2.28. The first-order chi connectivity index (χ1) is 18.0. The van der Waals surface area contributed by atoms with Crippen molar-refractivity contribution in [2.24, 2.45) is 0 Å². The van der Waals surface area contributed by atoms with E-state index in [4.69, 9.17) is 14.7 Å². The van der Waals surface area contributed by atoms with Crippen molar-refractivity contribution in [3.8, 4) is 11.4 Å². The number of nitrogens with zero attached hydrogens (tertiary/aromatic N) is 5. The number of fused-ring (bicyclic) bond motifs is 3. The fourth-order valence-electron chi connectivity index (χ4n) is 4.93. The van der Waals surface area contributed by atoms with Crippen molar-refractivity contribution in [1.29, 1.82) is 0 Å². The Morgan fingerprint density at radius 3 is 2.81 bits per heavy atom. The molecular weight excluding hydrogens is 510 g/mol. The molecule has 0 bridgehead atoms. The summed E-state index contributed by atoms with van der Waals surface area (Å²) in [6, 6.07) is 7.90. The SMILES string of the molecule is O=S1(=O)Cc2ccc(NCc3cc4nc(-c5cncc6[nH]ncc56)nc(N5CCOCC5)c4s3)cc2C1. The van der Waals surface area contributed by atoms with E-state index >= 15 is 0 Å². The van der Waals surface area contributed by atoms with E-state index in [1.165, 1.54) is 0 Å². The zero-order chi connectivity index (χ0) is 25.0. The zero-order valence-electron chi connectivity index (χ0n) is 19.8. The maximum Gasteiger partial charge on any atom is 0.164 e. The molecule has 2 aliphatic rings. The highest BCUT2D eigenvalue weighted by molar-refractivity contribution is 7.90. The molecule has 5 aromatic rings. The maximum atomic E-state index is 12.0. The monoisotopic (exact) mass is 533 g/mol. The summed E-state index contributed by atoms with van der Waals surface area (Å²) < 4.78 is 30.6. The zero-order valence-corrected chi connectivity index (χ0v) is 21.4. The first kappa shape index (κ1) is 22.6. The maximum absolute atomic E-state index is 12.0. The summed E-state index contributed by atoms with van der Waals surface area (Å²) in [6.45, 7) is 3.46. The molecule has 0 saturated carbocycles. The number of nitrogens with one attached hydrogen (secondary N) is 2. The van der Waals surface area contributed by atoms with Gasteiger partial charge in [0.05, 0.1) is 52.8 Å². The number of hydrogen-bond donors (Lipinski definition) is 2. The van der Waals surface area contributed by atoms with Crippen LogP contribution in [0.4, 0.5) is 11.5 Å². The van der Waals surface area contributed by atoms with E-state index in [1.807, 2.05) is 18.2 Å². The van der Waals surface area contributed by atoms with Gasteiger partial charge in [0, 0.05) is 47.3 Å². The van der Waals surface area contributed by atoms with Gasteiger partial charge in [0.25, 0.3) is 0 Å². The summed E-state index contributed by atoms with van der Waals surface area (Å²) >= 11 is 1.67. The van der Waals surface area contributed by atoms with Crippen molar-refractivity contribution in [1.82, 2.24) is 25.1 Å². The fourth-order valence-corrected chi connectivity index (χ4v) is 7.58. The molecule has 10 nitrogen and oxygen atoms in total. The summed E-state index contributed by atoms with van der Waals surface area (Å²) in [5, 5.41) is 11.5. The van der Waals surface area contributed by atoms with Crippen molar-refractivity contribution >= 4 is 53.8 Å². The Morgan fingerprint density at radius 1 is 1.05 bits per heavy atom. The topological polar surface area (TPSA) is 126 Å². The standard InChI is InChI=1S/C25H23N7O3S2/c33-37(34)13-15-1-2-17(7-16(15)14-37)27-9-18-8-21-23(36-18)25(32-3-5-35-6-4-32)30-24(29-21)20-10-26-12-22-19(20)11-28-31-22/h1-2,7-8,10-12,27H,3-6,9,13-14H2,(H,28,31). The number of sulfone groups is 1. The van der Waals surface area contributed by atoms with E-state index in [2.05, 4.69) is 31.5 Å². The van der Waals surface area contributed by atoms with Crippen molar-refractivity contribution in [2.75, 3.05) is 36.5 Å². The Kier molecular flexibility index (Phi) is 5.34. The van der Waals surface area contributed by atoms with Crippen molar-refractivity contribution in [3.63, 3.8) is 0 Å². The molecule has 0 radical (unpaired) electrons. The van der Waals surface area contributed by atoms with Gasteiger partial charge < -0.3 is 15.0 Å². The van der Waals surface area contributed by atoms with Gasteiger partial charge in [-0.3, -0.25) is 10.1 Å². The van der Waals surface area contributed by atoms with Crippen molar-refractivity contribution < 1.29 is 13.2 Å². The fraction of sp³-hybridized carbons (Fsp3) is 0.280. The van der Waals surface area contributed by atoms with Crippen LogP contribution >= 0.6 is 11.3 Å². The highest BCUT2D eigenvalue weighted by atomic mass is 32.2. The van der Waals surface area contributed by atoms with E-state index in [0.717, 1.165) is 67.3 Å². The average Bonchev–Trinajstić information content (AvgIpc) is 3.62. The number of ether oxygens (including phenoxy) is 1. The highest BCUT2D eigenvalue weighted by Crippen LogP contribution is 2.36. The third-order valence-corrected chi connectivity index (χ3v) is 9.37. The lowest BCUT2D eigenvalue weighted by Crippen LogP contribution is -2.36. The minimum absolute atomic E-state index is 0.111. The number of rotatable bonds is 5. The number of hydrogen-bond acceptors (Lipinski definition) is 10. The van der Waals surface area contributed by atoms with E-state index in [0.29, 0.717) is 25.6 Å². The molecule has 6 heterocycles. The summed E-state index contributed by atoms with van der Waals surface area (Å²) in [7, 11) is -3.02. The molecule has 0 spiro atoms. The normalized spacial score (nSPS) is 16.9. The average molecular weight is 534 g/mol. The number of benzene rings is 1. The van der Waals surface area contributed by atoms with Crippen LogP contribution in [0.1, 0.15) is 16.0 Å². The number of pyridine rings is 1. The second-order valence-electron chi connectivity index (χ2n) is 9.28. The molecule has 1 aromatic carbocycles. The minimum Gasteiger partial charge on any atom is -0.380 e. The predicted molar refractivity (Wildman–Crippen MR) is 143 cm³/mol. The summed E-state index contributed by atoms with van der Waals surface area (Å²) in [5.74, 6) is 1.76. The lowest BCUT2D eigenvalue weighted by molar-refractivity contribution is 0.122. The number of thiophene rings is 1. The smallest absolute Gasteiger partial charge is 0.164 e. The summed E-state index contributed by atoms with van der Waals surface area (Å²) in [6.07, 6.45) is 5.31. The van der Waals surface area contributed by atoms with Crippen molar-refractivity contribution in [3.05, 3.63) is 58.9 Å². The van der Waals surface area contributed by atoms with Gasteiger partial charge in [-0.1, -0.05) is 6.07 Å². The van der Waals surface area contributed by atoms with E-state index in [9.17, 15) is 8.42 Å². The van der Waals surface area contributed by atoms with Crippen LogP contribution in [-0.4, -0.2) is 59.9 Å². The lowest BCUT2D eigenvalue weighted by atomic mass is 10.1. The largest absolute Gasteiger partial charge is 0.380 e. The number of H-pyrrole nitrogens is 1. The highest BCUT2D eigenvalue weighted by Gasteiger charge is 2.25. The molecule has 4 aromatic heterocycles. The van der Waals surface area contributed by atoms with Gasteiger partial charge in [-0.25, -0.2) is 18.4 Å². The Morgan fingerprint density at radius 2 is 1.92 bits per heavy atom. The summed E-state index contributed by atoms with van der Waals surface area (Å²) in [4.78, 5) is 17.7. The van der Waals surface area contributed by atoms with Gasteiger partial charge in [0.15, 0.2) is 21.5 Å². The van der Waals surface area contributed by atoms with Gasteiger partial charge >= 0.3 is 0 Å². The molecule has 1 fully saturated rings. The van der Waals surface area contributed by atoms with Crippen molar-refractivity contribution in [2.45, 2.75) is 18.1 Å². The predicted octanol–water partition coefficient (Wildman–Crippen LogP) is 3.51. The second-order valence-corrected chi connectivity index (χ2v) is 12.5. The Hall–Kier alpha value is -3.61. The number of aromatic amines is 1. The van der Waals surface area contributed by atoms with Gasteiger partial charge in [-0.05, 0) is 29.3 Å². The van der Waals surface area contributed by atoms with E-state index < -0.39 is 9.84 Å². The van der Waals surface area contributed by atoms with E-state index in [1.54, 1.807) is 29.9 Å². The molecule has 1 saturated heterocycles. The van der Waals surface area contributed by atoms with E-state index in [-0.39, 0.29) is 11.5 Å². The Balaban J connectivity index is 1.24. The van der Waals surface area contributed by atoms with Gasteiger partial charge in [-0.15, -0.1) is 11.3 Å². The molecule has 2 aliphatic heterocycles. The van der Waals surface area contributed by atoms with Crippen LogP contribution in [-0.2, 0) is 32.6 Å². The second kappa shape index (κ2) is 8.75. The molecule has 0 unspecified atom stereocenters. The minimum atomic E-state index is -3.02. The van der Waals surface area contributed by atoms with Gasteiger partial charge in [0.1, 0.15) is 0 Å². The van der Waals surface area contributed by atoms with Crippen LogP contribution in [0.2, 0.25) is 0 Å². The number of anilines is 2. The van der Waals surface area contributed by atoms with Crippen LogP contribution in [0.5, 0.6) is 0 Å². The number of morpholine rings is 1. The number of aromatic nitrogens is 5. The molecular formula is C25H23N7O3S2. The van der Waals surface area contributed by atoms with Gasteiger partial charge in [-0.2, -0.15) is 5.10 Å².